The Morgan fingerprint density at radius 2 is 1.78 bits per heavy atom. The molecule has 0 bridgehead atoms. The zero-order chi connectivity index (χ0) is 19.2. The average Bonchev–Trinajstić information content (AvgIpc) is 2.69. The maximum atomic E-state index is 12.6. The van der Waals surface area contributed by atoms with Gasteiger partial charge in [0.1, 0.15) is 17.9 Å². The molecule has 138 valence electrons. The number of hydrogen-bond acceptors (Lipinski definition) is 4. The molecule has 0 aliphatic rings. The number of hydrogen-bond donors (Lipinski definition) is 1. The van der Waals surface area contributed by atoms with Gasteiger partial charge in [0.25, 0.3) is 11.5 Å². The van der Waals surface area contributed by atoms with Gasteiger partial charge in [-0.1, -0.05) is 42.0 Å². The van der Waals surface area contributed by atoms with Crippen molar-refractivity contribution in [3.8, 4) is 5.75 Å². The number of aryl methyl sites for hydroxylation is 1. The Hall–Kier alpha value is -3.54. The van der Waals surface area contributed by atoms with E-state index in [0.717, 1.165) is 15.9 Å². The molecule has 0 spiro atoms. The van der Waals surface area contributed by atoms with Gasteiger partial charge in [-0.15, -0.1) is 0 Å². The average molecular weight is 364 g/mol. The summed E-state index contributed by atoms with van der Waals surface area (Å²) in [5, 5.41) is 2.69. The first-order valence-electron chi connectivity index (χ1n) is 8.43. The van der Waals surface area contributed by atoms with E-state index in [2.05, 4.69) is 5.32 Å². The molecule has 0 unspecified atom stereocenters. The molecule has 0 aliphatic heterocycles. The summed E-state index contributed by atoms with van der Waals surface area (Å²) >= 11 is 0. The van der Waals surface area contributed by atoms with Crippen molar-refractivity contribution >= 4 is 11.6 Å². The Bertz CT molecular complexity index is 994. The van der Waals surface area contributed by atoms with Crippen LogP contribution in [0.5, 0.6) is 5.75 Å². The first-order valence-corrected chi connectivity index (χ1v) is 8.43. The lowest BCUT2D eigenvalue weighted by atomic mass is 10.2. The van der Waals surface area contributed by atoms with Crippen LogP contribution in [0.15, 0.2) is 71.7 Å². The van der Waals surface area contributed by atoms with E-state index in [4.69, 9.17) is 9.57 Å². The molecule has 0 saturated heterocycles. The van der Waals surface area contributed by atoms with Crippen molar-refractivity contribution < 1.29 is 14.4 Å². The van der Waals surface area contributed by atoms with Crippen molar-refractivity contribution in [2.24, 2.45) is 0 Å². The molecular weight excluding hydrogens is 344 g/mol. The van der Waals surface area contributed by atoms with E-state index in [0.29, 0.717) is 11.4 Å². The van der Waals surface area contributed by atoms with Crippen molar-refractivity contribution in [3.05, 3.63) is 93.9 Å². The van der Waals surface area contributed by atoms with E-state index in [-0.39, 0.29) is 12.2 Å². The number of methoxy groups -OCH3 is 1. The van der Waals surface area contributed by atoms with Crippen molar-refractivity contribution in [2.45, 2.75) is 13.5 Å². The van der Waals surface area contributed by atoms with E-state index < -0.39 is 11.5 Å². The summed E-state index contributed by atoms with van der Waals surface area (Å²) in [6, 6.07) is 17.8. The van der Waals surface area contributed by atoms with Crippen LogP contribution in [0, 0.1) is 6.92 Å². The highest BCUT2D eigenvalue weighted by atomic mass is 16.7. The Morgan fingerprint density at radius 1 is 1.04 bits per heavy atom. The fraction of sp³-hybridized carbons (Fsp3) is 0.143. The Morgan fingerprint density at radius 3 is 2.52 bits per heavy atom. The van der Waals surface area contributed by atoms with Crippen LogP contribution in [0.2, 0.25) is 0 Å². The first-order chi connectivity index (χ1) is 13.1. The minimum Gasteiger partial charge on any atom is -0.495 e. The van der Waals surface area contributed by atoms with E-state index in [1.807, 2.05) is 31.2 Å². The SMILES string of the molecule is COc1ccccc1NC(=O)c1cccn(OCc2ccc(C)cc2)c1=O. The number of carbonyl (C=O) groups is 1. The smallest absolute Gasteiger partial charge is 0.295 e. The molecule has 1 amide bonds. The molecule has 0 fully saturated rings. The van der Waals surface area contributed by atoms with E-state index >= 15 is 0 Å². The molecule has 1 N–H and O–H groups in total. The first kappa shape index (κ1) is 18.3. The third kappa shape index (κ3) is 4.36. The number of pyridine rings is 1. The second-order valence-electron chi connectivity index (χ2n) is 5.97. The topological polar surface area (TPSA) is 69.6 Å². The van der Waals surface area contributed by atoms with Crippen LogP contribution in [0.25, 0.3) is 0 Å². The summed E-state index contributed by atoms with van der Waals surface area (Å²) in [6.45, 7) is 2.22. The van der Waals surface area contributed by atoms with E-state index in [1.54, 1.807) is 30.3 Å². The minimum atomic E-state index is -0.531. The van der Waals surface area contributed by atoms with Crippen LogP contribution in [0.4, 0.5) is 5.69 Å². The van der Waals surface area contributed by atoms with Gasteiger partial charge < -0.3 is 14.9 Å². The molecular formula is C21H20N2O4. The third-order valence-corrected chi connectivity index (χ3v) is 4.01. The number of aromatic nitrogens is 1. The quantitative estimate of drug-likeness (QED) is 0.730. The predicted molar refractivity (Wildman–Crippen MR) is 103 cm³/mol. The molecule has 3 rings (SSSR count). The zero-order valence-corrected chi connectivity index (χ0v) is 15.1. The number of nitrogens with one attached hydrogen (secondary N) is 1. The maximum absolute atomic E-state index is 12.6. The maximum Gasteiger partial charge on any atom is 0.295 e. The van der Waals surface area contributed by atoms with Crippen LogP contribution >= 0.6 is 0 Å². The van der Waals surface area contributed by atoms with Gasteiger partial charge in [0.05, 0.1) is 12.8 Å². The molecule has 0 aliphatic carbocycles. The molecule has 6 nitrogen and oxygen atoms in total. The van der Waals surface area contributed by atoms with Crippen LogP contribution in [-0.2, 0) is 6.61 Å². The molecule has 2 aromatic carbocycles. The number of benzene rings is 2. The standard InChI is InChI=1S/C21H20N2O4/c1-15-9-11-16(12-10-15)14-27-23-13-5-6-17(21(23)25)20(24)22-18-7-3-4-8-19(18)26-2/h3-13H,14H2,1-2H3,(H,22,24). The van der Waals surface area contributed by atoms with Crippen LogP contribution < -0.4 is 20.5 Å². The zero-order valence-electron chi connectivity index (χ0n) is 15.1. The lowest BCUT2D eigenvalue weighted by Gasteiger charge is -2.12. The summed E-state index contributed by atoms with van der Waals surface area (Å²) in [7, 11) is 1.51. The highest BCUT2D eigenvalue weighted by Crippen LogP contribution is 2.23. The number of nitrogens with zero attached hydrogens (tertiary/aromatic N) is 1. The van der Waals surface area contributed by atoms with Gasteiger partial charge in [0.15, 0.2) is 0 Å². The molecule has 6 heteroatoms. The number of anilines is 1. The monoisotopic (exact) mass is 364 g/mol. The Balaban J connectivity index is 1.76. The highest BCUT2D eigenvalue weighted by molar-refractivity contribution is 6.04. The molecule has 3 aromatic rings. The van der Waals surface area contributed by atoms with Gasteiger partial charge >= 0.3 is 0 Å². The van der Waals surface area contributed by atoms with Gasteiger partial charge in [-0.25, -0.2) is 0 Å². The van der Waals surface area contributed by atoms with Crippen LogP contribution in [-0.4, -0.2) is 17.7 Å². The fourth-order valence-corrected chi connectivity index (χ4v) is 2.52. The van der Waals surface area contributed by atoms with Gasteiger partial charge in [-0.3, -0.25) is 9.59 Å². The van der Waals surface area contributed by atoms with Crippen LogP contribution in [0.3, 0.4) is 0 Å². The lowest BCUT2D eigenvalue weighted by molar-refractivity contribution is 0.0863. The summed E-state index contributed by atoms with van der Waals surface area (Å²) in [4.78, 5) is 30.7. The fourth-order valence-electron chi connectivity index (χ4n) is 2.52. The predicted octanol–water partition coefficient (Wildman–Crippen LogP) is 3.05. The Kier molecular flexibility index (Phi) is 5.56. The Labute approximate surface area is 156 Å². The summed E-state index contributed by atoms with van der Waals surface area (Å²) < 4.78 is 6.28. The molecule has 1 heterocycles. The van der Waals surface area contributed by atoms with Crippen molar-refractivity contribution in [3.63, 3.8) is 0 Å². The molecule has 0 saturated carbocycles. The molecule has 1 aromatic heterocycles. The highest BCUT2D eigenvalue weighted by Gasteiger charge is 2.14. The number of para-hydroxylation sites is 2. The van der Waals surface area contributed by atoms with Crippen LogP contribution in [0.1, 0.15) is 21.5 Å². The second kappa shape index (κ2) is 8.23. The van der Waals surface area contributed by atoms with Crippen molar-refractivity contribution in [1.29, 1.82) is 0 Å². The van der Waals surface area contributed by atoms with E-state index in [1.165, 1.54) is 19.4 Å². The van der Waals surface area contributed by atoms with E-state index in [9.17, 15) is 9.59 Å². The lowest BCUT2D eigenvalue weighted by Crippen LogP contribution is -2.32. The number of rotatable bonds is 6. The molecule has 27 heavy (non-hydrogen) atoms. The summed E-state index contributed by atoms with van der Waals surface area (Å²) in [5.41, 5.74) is 2.01. The largest absolute Gasteiger partial charge is 0.495 e. The molecule has 0 radical (unpaired) electrons. The normalized spacial score (nSPS) is 10.3. The number of amides is 1. The number of ether oxygens (including phenoxy) is 1. The summed E-state index contributed by atoms with van der Waals surface area (Å²) in [5.74, 6) is -0.0180. The second-order valence-corrected chi connectivity index (χ2v) is 5.97. The van der Waals surface area contributed by atoms with Crippen molar-refractivity contribution in [2.75, 3.05) is 12.4 Å². The van der Waals surface area contributed by atoms with Gasteiger partial charge in [0, 0.05) is 6.20 Å². The van der Waals surface area contributed by atoms with Crippen molar-refractivity contribution in [1.82, 2.24) is 4.73 Å². The number of carbonyl (C=O) groups excluding carboxylic acids is 1. The van der Waals surface area contributed by atoms with Gasteiger partial charge in [-0.05, 0) is 36.8 Å². The minimum absolute atomic E-state index is 0.0210. The van der Waals surface area contributed by atoms with Gasteiger partial charge in [0.2, 0.25) is 0 Å². The summed E-state index contributed by atoms with van der Waals surface area (Å²) in [6.07, 6.45) is 1.48. The third-order valence-electron chi connectivity index (χ3n) is 4.01. The van der Waals surface area contributed by atoms with Gasteiger partial charge in [-0.2, -0.15) is 4.73 Å². The molecule has 0 atom stereocenters.